The largest absolute Gasteiger partial charge is 0.348 e. The molecular formula is C14H22Cl2N2O. The molecule has 0 fully saturated rings. The van der Waals surface area contributed by atoms with Gasteiger partial charge >= 0.3 is 0 Å². The minimum absolute atomic E-state index is 0. The normalized spacial score (nSPS) is 11.9. The molecule has 1 rings (SSSR count). The van der Waals surface area contributed by atoms with Crippen LogP contribution in [0.15, 0.2) is 18.2 Å². The van der Waals surface area contributed by atoms with Crippen LogP contribution in [0.1, 0.15) is 36.2 Å². The molecule has 3 nitrogen and oxygen atoms in total. The summed E-state index contributed by atoms with van der Waals surface area (Å²) in [5.74, 6) is 0.383. The molecule has 0 heterocycles. The number of carbonyl (C=O) groups is 1. The van der Waals surface area contributed by atoms with Gasteiger partial charge in [-0.3, -0.25) is 4.79 Å². The highest BCUT2D eigenvalue weighted by Crippen LogP contribution is 2.16. The van der Waals surface area contributed by atoms with Gasteiger partial charge in [0.2, 0.25) is 0 Å². The fraction of sp³-hybridized carbons (Fsp3) is 0.500. The number of benzene rings is 1. The van der Waals surface area contributed by atoms with Crippen molar-refractivity contribution in [1.82, 2.24) is 5.32 Å². The van der Waals surface area contributed by atoms with Gasteiger partial charge in [0.05, 0.1) is 0 Å². The summed E-state index contributed by atoms with van der Waals surface area (Å²) in [5.41, 5.74) is 7.20. The van der Waals surface area contributed by atoms with Gasteiger partial charge in [-0.2, -0.15) is 0 Å². The van der Waals surface area contributed by atoms with E-state index in [9.17, 15) is 4.79 Å². The number of nitrogens with one attached hydrogen (secondary N) is 1. The molecule has 0 bridgehead atoms. The minimum Gasteiger partial charge on any atom is -0.348 e. The molecule has 1 amide bonds. The lowest BCUT2D eigenvalue weighted by Crippen LogP contribution is -2.41. The molecular weight excluding hydrogens is 283 g/mol. The van der Waals surface area contributed by atoms with Gasteiger partial charge in [-0.05, 0) is 37.0 Å². The summed E-state index contributed by atoms with van der Waals surface area (Å²) < 4.78 is 0. The van der Waals surface area contributed by atoms with Crippen molar-refractivity contribution < 1.29 is 4.79 Å². The first-order valence-corrected chi connectivity index (χ1v) is 6.59. The molecule has 1 aromatic carbocycles. The Bertz CT molecular complexity index is 422. The van der Waals surface area contributed by atoms with Crippen LogP contribution in [0.5, 0.6) is 0 Å². The fourth-order valence-electron chi connectivity index (χ4n) is 1.79. The van der Waals surface area contributed by atoms with Crippen molar-refractivity contribution in [3.05, 3.63) is 34.3 Å². The van der Waals surface area contributed by atoms with Gasteiger partial charge in [-0.1, -0.05) is 31.5 Å². The van der Waals surface area contributed by atoms with Crippen molar-refractivity contribution in [2.75, 3.05) is 6.54 Å². The fourth-order valence-corrected chi connectivity index (χ4v) is 1.97. The van der Waals surface area contributed by atoms with Crippen LogP contribution in [0.4, 0.5) is 0 Å². The summed E-state index contributed by atoms with van der Waals surface area (Å²) in [6, 6.07) is 5.32. The first-order valence-electron chi connectivity index (χ1n) is 6.21. The van der Waals surface area contributed by atoms with Crippen molar-refractivity contribution in [1.29, 1.82) is 0 Å². The van der Waals surface area contributed by atoms with Crippen LogP contribution in [0.3, 0.4) is 0 Å². The second kappa shape index (κ2) is 8.41. The lowest BCUT2D eigenvalue weighted by molar-refractivity contribution is 0.0934. The van der Waals surface area contributed by atoms with Crippen LogP contribution in [-0.2, 0) is 0 Å². The van der Waals surface area contributed by atoms with Crippen molar-refractivity contribution >= 4 is 29.9 Å². The molecule has 0 saturated carbocycles. The molecule has 108 valence electrons. The van der Waals surface area contributed by atoms with Crippen LogP contribution in [-0.4, -0.2) is 18.5 Å². The molecule has 1 unspecified atom stereocenters. The number of rotatable bonds is 5. The Balaban J connectivity index is 0.00000324. The molecule has 0 aromatic heterocycles. The van der Waals surface area contributed by atoms with Crippen LogP contribution in [0.2, 0.25) is 5.02 Å². The maximum atomic E-state index is 12.0. The highest BCUT2D eigenvalue weighted by atomic mass is 35.5. The van der Waals surface area contributed by atoms with Crippen LogP contribution < -0.4 is 11.1 Å². The van der Waals surface area contributed by atoms with Crippen LogP contribution >= 0.6 is 24.0 Å². The monoisotopic (exact) mass is 304 g/mol. The number of hydrogen-bond acceptors (Lipinski definition) is 2. The number of nitrogens with two attached hydrogens (primary N) is 1. The highest BCUT2D eigenvalue weighted by Gasteiger charge is 2.14. The van der Waals surface area contributed by atoms with Gasteiger partial charge in [0.15, 0.2) is 0 Å². The second-order valence-electron chi connectivity index (χ2n) is 5.00. The van der Waals surface area contributed by atoms with E-state index in [-0.39, 0.29) is 24.4 Å². The van der Waals surface area contributed by atoms with E-state index in [1.54, 1.807) is 12.1 Å². The molecule has 3 N–H and O–H groups in total. The van der Waals surface area contributed by atoms with Gasteiger partial charge in [0.25, 0.3) is 5.91 Å². The number of aryl methyl sites for hydroxylation is 1. The average Bonchev–Trinajstić information content (AvgIpc) is 2.31. The summed E-state index contributed by atoms with van der Waals surface area (Å²) in [7, 11) is 0. The zero-order valence-electron chi connectivity index (χ0n) is 11.6. The lowest BCUT2D eigenvalue weighted by Gasteiger charge is -2.19. The molecule has 0 aliphatic rings. The average molecular weight is 305 g/mol. The smallest absolute Gasteiger partial charge is 0.251 e. The summed E-state index contributed by atoms with van der Waals surface area (Å²) in [6.45, 7) is 6.57. The van der Waals surface area contributed by atoms with Crippen molar-refractivity contribution in [3.63, 3.8) is 0 Å². The van der Waals surface area contributed by atoms with Crippen molar-refractivity contribution in [2.24, 2.45) is 11.7 Å². The zero-order chi connectivity index (χ0) is 13.7. The Labute approximate surface area is 126 Å². The summed E-state index contributed by atoms with van der Waals surface area (Å²) in [5, 5.41) is 3.55. The van der Waals surface area contributed by atoms with Gasteiger partial charge in [0, 0.05) is 23.2 Å². The Morgan fingerprint density at radius 2 is 2.05 bits per heavy atom. The second-order valence-corrected chi connectivity index (χ2v) is 5.41. The van der Waals surface area contributed by atoms with Gasteiger partial charge in [0.1, 0.15) is 0 Å². The van der Waals surface area contributed by atoms with Gasteiger partial charge in [-0.15, -0.1) is 12.4 Å². The summed E-state index contributed by atoms with van der Waals surface area (Å²) in [6.07, 6.45) is 0.877. The van der Waals surface area contributed by atoms with E-state index >= 15 is 0 Å². The third kappa shape index (κ3) is 5.81. The van der Waals surface area contributed by atoms with E-state index in [0.717, 1.165) is 12.0 Å². The van der Waals surface area contributed by atoms with Crippen LogP contribution in [0, 0.1) is 12.8 Å². The lowest BCUT2D eigenvalue weighted by atomic mass is 10.0. The molecule has 1 aromatic rings. The predicted octanol–water partition coefficient (Wildman–Crippen LogP) is 3.17. The topological polar surface area (TPSA) is 55.1 Å². The third-order valence-electron chi connectivity index (χ3n) is 2.81. The number of carbonyl (C=O) groups excluding carboxylic acids is 1. The Hall–Kier alpha value is -0.770. The Morgan fingerprint density at radius 3 is 2.53 bits per heavy atom. The molecule has 5 heteroatoms. The van der Waals surface area contributed by atoms with E-state index in [4.69, 9.17) is 17.3 Å². The van der Waals surface area contributed by atoms with Crippen molar-refractivity contribution in [2.45, 2.75) is 33.2 Å². The Kier molecular flexibility index (Phi) is 8.07. The summed E-state index contributed by atoms with van der Waals surface area (Å²) >= 11 is 6.01. The van der Waals surface area contributed by atoms with E-state index < -0.39 is 0 Å². The van der Waals surface area contributed by atoms with Crippen LogP contribution in [0.25, 0.3) is 0 Å². The van der Waals surface area contributed by atoms with Crippen molar-refractivity contribution in [3.8, 4) is 0 Å². The van der Waals surface area contributed by atoms with E-state index in [0.29, 0.717) is 23.0 Å². The van der Waals surface area contributed by atoms with E-state index in [1.165, 1.54) is 0 Å². The maximum absolute atomic E-state index is 12.0. The first kappa shape index (κ1) is 18.2. The molecule has 0 radical (unpaired) electrons. The minimum atomic E-state index is -0.118. The maximum Gasteiger partial charge on any atom is 0.251 e. The van der Waals surface area contributed by atoms with E-state index in [1.807, 2.05) is 13.0 Å². The van der Waals surface area contributed by atoms with Gasteiger partial charge in [-0.25, -0.2) is 0 Å². The molecule has 0 spiro atoms. The molecule has 0 aliphatic heterocycles. The van der Waals surface area contributed by atoms with E-state index in [2.05, 4.69) is 19.2 Å². The first-order chi connectivity index (χ1) is 8.43. The number of halogens is 2. The SMILES string of the molecule is Cc1ccc(C(=O)NC(CN)CC(C)C)cc1Cl.Cl. The predicted molar refractivity (Wildman–Crippen MR) is 83.2 cm³/mol. The highest BCUT2D eigenvalue weighted by molar-refractivity contribution is 6.31. The number of amides is 1. The zero-order valence-corrected chi connectivity index (χ0v) is 13.1. The van der Waals surface area contributed by atoms with Gasteiger partial charge < -0.3 is 11.1 Å². The quantitative estimate of drug-likeness (QED) is 0.878. The summed E-state index contributed by atoms with van der Waals surface area (Å²) in [4.78, 5) is 12.0. The number of hydrogen-bond donors (Lipinski definition) is 2. The molecule has 0 aliphatic carbocycles. The standard InChI is InChI=1S/C14H21ClN2O.ClH/c1-9(2)6-12(8-16)17-14(18)11-5-4-10(3)13(15)7-11;/h4-5,7,9,12H,6,8,16H2,1-3H3,(H,17,18);1H. The molecule has 19 heavy (non-hydrogen) atoms. The third-order valence-corrected chi connectivity index (χ3v) is 3.22. The molecule has 0 saturated heterocycles. The molecule has 1 atom stereocenters. The Morgan fingerprint density at radius 1 is 1.42 bits per heavy atom.